The number of benzene rings is 2. The number of pyridine rings is 1. The van der Waals surface area contributed by atoms with Crippen LogP contribution in [-0.2, 0) is 9.59 Å². The second kappa shape index (κ2) is 10.6. The maximum Gasteiger partial charge on any atom is 0.301 e. The fourth-order valence-electron chi connectivity index (χ4n) is 4.52. The van der Waals surface area contributed by atoms with Crippen molar-refractivity contribution in [3.63, 3.8) is 0 Å². The first-order valence-electron chi connectivity index (χ1n) is 12.0. The van der Waals surface area contributed by atoms with Gasteiger partial charge in [-0.05, 0) is 55.0 Å². The van der Waals surface area contributed by atoms with Crippen molar-refractivity contribution in [2.75, 3.05) is 32.8 Å². The Bertz CT molecular complexity index is 1570. The van der Waals surface area contributed by atoms with Crippen LogP contribution in [0, 0.1) is 0 Å². The quantitative estimate of drug-likeness (QED) is 0.189. The third-order valence-electron chi connectivity index (χ3n) is 6.27. The van der Waals surface area contributed by atoms with Gasteiger partial charge in [0.05, 0.1) is 49.8 Å². The average Bonchev–Trinajstić information content (AvgIpc) is 3.49. The molecule has 1 saturated heterocycles. The highest BCUT2D eigenvalue weighted by Gasteiger charge is 2.48. The molecule has 11 heteroatoms. The lowest BCUT2D eigenvalue weighted by Gasteiger charge is -2.24. The number of nitrogens with zero attached hydrogens (tertiary/aromatic N) is 3. The van der Waals surface area contributed by atoms with Gasteiger partial charge in [0, 0.05) is 18.0 Å². The molecule has 1 N–H and O–H groups in total. The fourth-order valence-corrected chi connectivity index (χ4v) is 5.54. The van der Waals surface area contributed by atoms with E-state index in [1.54, 1.807) is 36.4 Å². The van der Waals surface area contributed by atoms with E-state index in [0.717, 1.165) is 4.70 Å². The molecule has 0 radical (unpaired) electrons. The van der Waals surface area contributed by atoms with E-state index < -0.39 is 17.7 Å². The van der Waals surface area contributed by atoms with E-state index in [4.69, 9.17) is 18.9 Å². The molecule has 0 saturated carbocycles. The van der Waals surface area contributed by atoms with Gasteiger partial charge in [0.15, 0.2) is 16.6 Å². The van der Waals surface area contributed by atoms with Crippen LogP contribution in [0.2, 0.25) is 0 Å². The minimum atomic E-state index is -1.04. The van der Waals surface area contributed by atoms with Gasteiger partial charge in [-0.3, -0.25) is 19.5 Å². The van der Waals surface area contributed by atoms with Crippen molar-refractivity contribution in [2.24, 2.45) is 0 Å². The molecule has 1 aliphatic rings. The van der Waals surface area contributed by atoms with E-state index in [0.29, 0.717) is 46.2 Å². The number of carbonyl (C=O) groups is 2. The number of amides is 1. The molecule has 1 aliphatic heterocycles. The topological polar surface area (TPSA) is 120 Å². The number of ether oxygens (including phenoxy) is 4. The zero-order chi connectivity index (χ0) is 27.7. The Morgan fingerprint density at radius 1 is 1.00 bits per heavy atom. The van der Waals surface area contributed by atoms with Gasteiger partial charge < -0.3 is 24.1 Å². The number of carbonyl (C=O) groups excluding carboxylic acids is 2. The molecule has 200 valence electrons. The molecule has 1 amide bonds. The van der Waals surface area contributed by atoms with Crippen molar-refractivity contribution in [3.05, 3.63) is 71.6 Å². The van der Waals surface area contributed by atoms with Crippen LogP contribution in [0.5, 0.6) is 23.0 Å². The van der Waals surface area contributed by atoms with Crippen LogP contribution >= 0.6 is 11.3 Å². The van der Waals surface area contributed by atoms with Crippen molar-refractivity contribution in [1.29, 1.82) is 0 Å². The molecule has 3 heterocycles. The summed E-state index contributed by atoms with van der Waals surface area (Å²) in [5.41, 5.74) is 1.33. The first-order valence-corrected chi connectivity index (χ1v) is 12.8. The molecule has 2 aromatic heterocycles. The minimum absolute atomic E-state index is 0.102. The van der Waals surface area contributed by atoms with E-state index in [1.165, 1.54) is 50.0 Å². The molecule has 1 fully saturated rings. The van der Waals surface area contributed by atoms with Crippen molar-refractivity contribution in [1.82, 2.24) is 9.97 Å². The average molecular weight is 548 g/mol. The molecule has 2 aromatic carbocycles. The summed E-state index contributed by atoms with van der Waals surface area (Å²) in [6, 6.07) is 10.8. The van der Waals surface area contributed by atoms with Crippen LogP contribution in [0.1, 0.15) is 24.1 Å². The van der Waals surface area contributed by atoms with Gasteiger partial charge in [0.25, 0.3) is 5.78 Å². The molecule has 1 unspecified atom stereocenters. The number of ketones is 1. The van der Waals surface area contributed by atoms with E-state index >= 15 is 0 Å². The van der Waals surface area contributed by atoms with Crippen LogP contribution in [0.25, 0.3) is 16.0 Å². The van der Waals surface area contributed by atoms with Crippen LogP contribution in [0.4, 0.5) is 5.13 Å². The Hall–Kier alpha value is -4.64. The number of thiazole rings is 1. The molecule has 5 rings (SSSR count). The normalized spacial score (nSPS) is 16.5. The summed E-state index contributed by atoms with van der Waals surface area (Å²) in [6.45, 7) is 2.39. The first kappa shape index (κ1) is 26.0. The van der Waals surface area contributed by atoms with Gasteiger partial charge in [-0.1, -0.05) is 11.3 Å². The van der Waals surface area contributed by atoms with Gasteiger partial charge in [-0.2, -0.15) is 0 Å². The van der Waals surface area contributed by atoms with Crippen molar-refractivity contribution in [2.45, 2.75) is 13.0 Å². The largest absolute Gasteiger partial charge is 0.507 e. The predicted molar refractivity (Wildman–Crippen MR) is 146 cm³/mol. The number of aromatic nitrogens is 2. The van der Waals surface area contributed by atoms with E-state index in [9.17, 15) is 14.7 Å². The number of aliphatic hydroxyl groups excluding tert-OH is 1. The second-order valence-electron chi connectivity index (χ2n) is 8.42. The van der Waals surface area contributed by atoms with E-state index in [-0.39, 0.29) is 16.5 Å². The molecular weight excluding hydrogens is 522 g/mol. The maximum absolute atomic E-state index is 13.6. The number of hydrogen-bond acceptors (Lipinski definition) is 10. The fraction of sp³-hybridized carbons (Fsp3) is 0.214. The Morgan fingerprint density at radius 2 is 1.69 bits per heavy atom. The molecule has 1 atom stereocenters. The highest BCUT2D eigenvalue weighted by molar-refractivity contribution is 7.22. The predicted octanol–water partition coefficient (Wildman–Crippen LogP) is 4.74. The van der Waals surface area contributed by atoms with Gasteiger partial charge in [0.2, 0.25) is 5.75 Å². The highest BCUT2D eigenvalue weighted by Crippen LogP contribution is 2.48. The zero-order valence-corrected chi connectivity index (χ0v) is 22.4. The smallest absolute Gasteiger partial charge is 0.301 e. The zero-order valence-electron chi connectivity index (χ0n) is 21.6. The molecule has 0 aliphatic carbocycles. The molecular formula is C28H25N3O7S. The van der Waals surface area contributed by atoms with Crippen LogP contribution in [0.3, 0.4) is 0 Å². The highest BCUT2D eigenvalue weighted by atomic mass is 32.1. The Kier molecular flexibility index (Phi) is 7.07. The lowest BCUT2D eigenvalue weighted by Crippen LogP contribution is -2.29. The standard InChI is InChI=1S/C28H25N3O7S/c1-5-38-17-6-7-18-21(14-17)39-28(30-18)31-23(16-12-19(35-2)26(37-4)20(13-16)36-3)22(25(33)27(31)34)24(32)15-8-10-29-11-9-15/h6-14,23,32H,5H2,1-4H3/b24-22+. The van der Waals surface area contributed by atoms with E-state index in [1.807, 2.05) is 13.0 Å². The minimum Gasteiger partial charge on any atom is -0.507 e. The van der Waals surface area contributed by atoms with Gasteiger partial charge >= 0.3 is 5.91 Å². The summed E-state index contributed by atoms with van der Waals surface area (Å²) in [5, 5.41) is 11.6. The number of fused-ring (bicyclic) bond motifs is 1. The third-order valence-corrected chi connectivity index (χ3v) is 7.28. The lowest BCUT2D eigenvalue weighted by atomic mass is 9.95. The molecule has 10 nitrogen and oxygen atoms in total. The molecule has 0 spiro atoms. The first-order chi connectivity index (χ1) is 18.9. The monoisotopic (exact) mass is 547 g/mol. The summed E-state index contributed by atoms with van der Waals surface area (Å²) in [4.78, 5) is 37.0. The number of hydrogen-bond donors (Lipinski definition) is 1. The number of aliphatic hydroxyl groups is 1. The Morgan fingerprint density at radius 3 is 2.31 bits per heavy atom. The SMILES string of the molecule is CCOc1ccc2nc(N3C(=O)C(=O)/C(=C(/O)c4ccncc4)C3c3cc(OC)c(OC)c(OC)c3)sc2c1. The lowest BCUT2D eigenvalue weighted by molar-refractivity contribution is -0.132. The van der Waals surface area contributed by atoms with Crippen LogP contribution in [0.15, 0.2) is 60.4 Å². The van der Waals surface area contributed by atoms with Crippen molar-refractivity contribution in [3.8, 4) is 23.0 Å². The summed E-state index contributed by atoms with van der Waals surface area (Å²) >= 11 is 1.24. The number of methoxy groups -OCH3 is 3. The number of anilines is 1. The van der Waals surface area contributed by atoms with Crippen LogP contribution in [-0.4, -0.2) is 54.7 Å². The number of rotatable bonds is 8. The summed E-state index contributed by atoms with van der Waals surface area (Å²) in [5.74, 6) is -0.346. The Labute approximate surface area is 228 Å². The summed E-state index contributed by atoms with van der Waals surface area (Å²) in [6.07, 6.45) is 2.98. The van der Waals surface area contributed by atoms with Crippen molar-refractivity contribution >= 4 is 44.1 Å². The third kappa shape index (κ3) is 4.50. The number of Topliss-reactive ketones (excluding diaryl/α,β-unsaturated/α-hetero) is 1. The molecule has 39 heavy (non-hydrogen) atoms. The van der Waals surface area contributed by atoms with E-state index in [2.05, 4.69) is 9.97 Å². The van der Waals surface area contributed by atoms with Gasteiger partial charge in [0.1, 0.15) is 11.5 Å². The Balaban J connectivity index is 1.75. The van der Waals surface area contributed by atoms with Crippen LogP contribution < -0.4 is 23.8 Å². The second-order valence-corrected chi connectivity index (χ2v) is 9.43. The van der Waals surface area contributed by atoms with Gasteiger partial charge in [-0.25, -0.2) is 4.98 Å². The molecule has 0 bridgehead atoms. The maximum atomic E-state index is 13.6. The summed E-state index contributed by atoms with van der Waals surface area (Å²) < 4.78 is 22.9. The van der Waals surface area contributed by atoms with Gasteiger partial charge in [-0.15, -0.1) is 0 Å². The molecule has 4 aromatic rings. The van der Waals surface area contributed by atoms with Crippen molar-refractivity contribution < 1.29 is 33.6 Å². The summed E-state index contributed by atoms with van der Waals surface area (Å²) in [7, 11) is 4.42.